The van der Waals surface area contributed by atoms with E-state index in [-0.39, 0.29) is 0 Å². The number of para-hydroxylation sites is 1. The molecule has 0 aliphatic rings. The van der Waals surface area contributed by atoms with Gasteiger partial charge in [-0.1, -0.05) is 37.3 Å². The van der Waals surface area contributed by atoms with E-state index in [4.69, 9.17) is 14.2 Å². The molecule has 0 aliphatic heterocycles. The molecule has 0 spiro atoms. The maximum atomic E-state index is 5.75. The fraction of sp³-hybridized carbons (Fsp3) is 0.250. The molecule has 0 aromatic heterocycles. The van der Waals surface area contributed by atoms with Gasteiger partial charge in [0, 0.05) is 12.2 Å². The average molecular weight is 377 g/mol. The summed E-state index contributed by atoms with van der Waals surface area (Å²) >= 11 is 0. The van der Waals surface area contributed by atoms with Crippen molar-refractivity contribution in [3.63, 3.8) is 0 Å². The van der Waals surface area contributed by atoms with Gasteiger partial charge in [0.1, 0.15) is 37.1 Å². The van der Waals surface area contributed by atoms with Gasteiger partial charge in [-0.05, 0) is 60.5 Å². The zero-order valence-electron chi connectivity index (χ0n) is 16.3. The Bertz CT molecular complexity index is 802. The normalized spacial score (nSPS) is 10.3. The summed E-state index contributed by atoms with van der Waals surface area (Å²) < 4.78 is 17.1. The lowest BCUT2D eigenvalue weighted by Gasteiger charge is -2.11. The van der Waals surface area contributed by atoms with Crippen LogP contribution in [0.5, 0.6) is 17.2 Å². The van der Waals surface area contributed by atoms with Crippen molar-refractivity contribution in [1.82, 2.24) is 0 Å². The molecule has 0 unspecified atom stereocenters. The highest BCUT2D eigenvalue weighted by atomic mass is 16.5. The van der Waals surface area contributed by atoms with E-state index in [1.165, 1.54) is 5.56 Å². The lowest BCUT2D eigenvalue weighted by molar-refractivity contribution is 0.217. The van der Waals surface area contributed by atoms with Crippen LogP contribution in [0.15, 0.2) is 78.9 Å². The first-order valence-electron chi connectivity index (χ1n) is 9.70. The molecule has 0 amide bonds. The second kappa shape index (κ2) is 10.9. The number of hydrogen-bond acceptors (Lipinski definition) is 4. The SMILES string of the molecule is CCc1ccc(OCCNc2ccc(OCCOc3ccccc3)cc2)cc1. The van der Waals surface area contributed by atoms with E-state index >= 15 is 0 Å². The first-order valence-corrected chi connectivity index (χ1v) is 9.70. The molecule has 146 valence electrons. The van der Waals surface area contributed by atoms with Crippen LogP contribution in [-0.2, 0) is 6.42 Å². The number of aryl methyl sites for hydroxylation is 1. The lowest BCUT2D eigenvalue weighted by Crippen LogP contribution is -2.11. The van der Waals surface area contributed by atoms with Gasteiger partial charge in [-0.15, -0.1) is 0 Å². The molecule has 3 aromatic carbocycles. The van der Waals surface area contributed by atoms with Gasteiger partial charge in [-0.25, -0.2) is 0 Å². The third-order valence-corrected chi connectivity index (χ3v) is 4.25. The maximum Gasteiger partial charge on any atom is 0.122 e. The summed E-state index contributed by atoms with van der Waals surface area (Å²) in [6.45, 7) is 4.52. The van der Waals surface area contributed by atoms with E-state index in [1.807, 2.05) is 66.7 Å². The Balaban J connectivity index is 1.31. The van der Waals surface area contributed by atoms with Crippen LogP contribution < -0.4 is 19.5 Å². The fourth-order valence-electron chi connectivity index (χ4n) is 2.69. The largest absolute Gasteiger partial charge is 0.492 e. The number of ether oxygens (including phenoxy) is 3. The summed E-state index contributed by atoms with van der Waals surface area (Å²) in [5, 5.41) is 3.35. The van der Waals surface area contributed by atoms with Crippen molar-refractivity contribution in [2.45, 2.75) is 13.3 Å². The Hall–Kier alpha value is -3.14. The van der Waals surface area contributed by atoms with Crippen LogP contribution >= 0.6 is 0 Å². The van der Waals surface area contributed by atoms with E-state index in [9.17, 15) is 0 Å². The number of nitrogens with one attached hydrogen (secondary N) is 1. The Labute approximate surface area is 167 Å². The Morgan fingerprint density at radius 3 is 1.75 bits per heavy atom. The molecule has 28 heavy (non-hydrogen) atoms. The van der Waals surface area contributed by atoms with Gasteiger partial charge in [-0.3, -0.25) is 0 Å². The van der Waals surface area contributed by atoms with Crippen molar-refractivity contribution in [2.75, 3.05) is 31.7 Å². The topological polar surface area (TPSA) is 39.7 Å². The molecule has 4 heteroatoms. The standard InChI is InChI=1S/C24H27NO3/c1-2-20-8-12-23(13-9-20)26-17-16-25-21-10-14-24(15-11-21)28-19-18-27-22-6-4-3-5-7-22/h3-15,25H,2,16-19H2,1H3. The second-order valence-electron chi connectivity index (χ2n) is 6.31. The van der Waals surface area contributed by atoms with Gasteiger partial charge in [0.25, 0.3) is 0 Å². The summed E-state index contributed by atoms with van der Waals surface area (Å²) in [5.74, 6) is 2.59. The van der Waals surface area contributed by atoms with Crippen LogP contribution in [0.2, 0.25) is 0 Å². The quantitative estimate of drug-likeness (QED) is 0.466. The molecule has 0 heterocycles. The van der Waals surface area contributed by atoms with E-state index < -0.39 is 0 Å². The highest BCUT2D eigenvalue weighted by Gasteiger charge is 1.98. The number of anilines is 1. The minimum atomic E-state index is 0.506. The van der Waals surface area contributed by atoms with Crippen LogP contribution in [0, 0.1) is 0 Å². The smallest absolute Gasteiger partial charge is 0.122 e. The molecule has 4 nitrogen and oxygen atoms in total. The van der Waals surface area contributed by atoms with Gasteiger partial charge < -0.3 is 19.5 Å². The molecule has 0 bridgehead atoms. The summed E-state index contributed by atoms with van der Waals surface area (Å²) in [7, 11) is 0. The van der Waals surface area contributed by atoms with Crippen LogP contribution in [0.4, 0.5) is 5.69 Å². The highest BCUT2D eigenvalue weighted by Crippen LogP contribution is 2.16. The Morgan fingerprint density at radius 2 is 1.14 bits per heavy atom. The first-order chi connectivity index (χ1) is 13.8. The van der Waals surface area contributed by atoms with Gasteiger partial charge in [0.05, 0.1) is 0 Å². The van der Waals surface area contributed by atoms with Crippen LogP contribution in [0.3, 0.4) is 0 Å². The first kappa shape index (κ1) is 19.6. The van der Waals surface area contributed by atoms with Crippen LogP contribution in [0.1, 0.15) is 12.5 Å². The molecular formula is C24H27NO3. The summed E-state index contributed by atoms with van der Waals surface area (Å²) in [6.07, 6.45) is 1.04. The summed E-state index contributed by atoms with van der Waals surface area (Å²) in [6, 6.07) is 25.9. The van der Waals surface area contributed by atoms with Crippen molar-refractivity contribution >= 4 is 5.69 Å². The monoisotopic (exact) mass is 377 g/mol. The van der Waals surface area contributed by atoms with E-state index in [0.717, 1.165) is 35.9 Å². The zero-order valence-corrected chi connectivity index (χ0v) is 16.3. The minimum absolute atomic E-state index is 0.506. The number of rotatable bonds is 11. The van der Waals surface area contributed by atoms with E-state index in [1.54, 1.807) is 0 Å². The molecular weight excluding hydrogens is 350 g/mol. The number of benzene rings is 3. The molecule has 0 radical (unpaired) electrons. The van der Waals surface area contributed by atoms with Gasteiger partial charge in [0.15, 0.2) is 0 Å². The van der Waals surface area contributed by atoms with Crippen LogP contribution in [-0.4, -0.2) is 26.4 Å². The van der Waals surface area contributed by atoms with Crippen molar-refractivity contribution < 1.29 is 14.2 Å². The third kappa shape index (κ3) is 6.54. The molecule has 0 fully saturated rings. The Kier molecular flexibility index (Phi) is 7.62. The molecule has 1 N–H and O–H groups in total. The van der Waals surface area contributed by atoms with Crippen molar-refractivity contribution in [3.05, 3.63) is 84.4 Å². The second-order valence-corrected chi connectivity index (χ2v) is 6.31. The summed E-state index contributed by atoms with van der Waals surface area (Å²) in [5.41, 5.74) is 2.36. The number of hydrogen-bond donors (Lipinski definition) is 1. The average Bonchev–Trinajstić information content (AvgIpc) is 2.76. The molecule has 0 aliphatic carbocycles. The maximum absolute atomic E-state index is 5.75. The fourth-order valence-corrected chi connectivity index (χ4v) is 2.69. The third-order valence-electron chi connectivity index (χ3n) is 4.25. The predicted octanol–water partition coefficient (Wildman–Crippen LogP) is 5.20. The highest BCUT2D eigenvalue weighted by molar-refractivity contribution is 5.46. The minimum Gasteiger partial charge on any atom is -0.492 e. The zero-order chi connectivity index (χ0) is 19.4. The van der Waals surface area contributed by atoms with Crippen molar-refractivity contribution in [3.8, 4) is 17.2 Å². The van der Waals surface area contributed by atoms with Crippen molar-refractivity contribution in [2.24, 2.45) is 0 Å². The lowest BCUT2D eigenvalue weighted by atomic mass is 10.2. The molecule has 0 atom stereocenters. The van der Waals surface area contributed by atoms with Crippen molar-refractivity contribution in [1.29, 1.82) is 0 Å². The summed E-state index contributed by atoms with van der Waals surface area (Å²) in [4.78, 5) is 0. The molecule has 3 aromatic rings. The Morgan fingerprint density at radius 1 is 0.607 bits per heavy atom. The van der Waals surface area contributed by atoms with E-state index in [0.29, 0.717) is 19.8 Å². The van der Waals surface area contributed by atoms with E-state index in [2.05, 4.69) is 24.4 Å². The van der Waals surface area contributed by atoms with Crippen LogP contribution in [0.25, 0.3) is 0 Å². The molecule has 0 saturated heterocycles. The molecule has 3 rings (SSSR count). The predicted molar refractivity (Wildman–Crippen MR) is 114 cm³/mol. The van der Waals surface area contributed by atoms with Gasteiger partial charge in [-0.2, -0.15) is 0 Å². The molecule has 0 saturated carbocycles. The van der Waals surface area contributed by atoms with Gasteiger partial charge in [0.2, 0.25) is 0 Å². The van der Waals surface area contributed by atoms with Gasteiger partial charge >= 0.3 is 0 Å².